The Balaban J connectivity index is 1.84. The van der Waals surface area contributed by atoms with Gasteiger partial charge in [-0.05, 0) is 37.3 Å². The highest BCUT2D eigenvalue weighted by molar-refractivity contribution is 7.92. The first kappa shape index (κ1) is 18.5. The first-order chi connectivity index (χ1) is 12.9. The predicted octanol–water partition coefficient (Wildman–Crippen LogP) is 2.78. The maximum absolute atomic E-state index is 12.7. The number of rotatable bonds is 6. The van der Waals surface area contributed by atoms with Crippen molar-refractivity contribution in [2.45, 2.75) is 11.8 Å². The van der Waals surface area contributed by atoms with E-state index in [-0.39, 0.29) is 10.5 Å². The number of anilines is 2. The van der Waals surface area contributed by atoms with Crippen LogP contribution in [0.2, 0.25) is 0 Å². The van der Waals surface area contributed by atoms with Crippen LogP contribution in [-0.2, 0) is 10.0 Å². The summed E-state index contributed by atoms with van der Waals surface area (Å²) in [6.45, 7) is 1.80. The third-order valence-corrected chi connectivity index (χ3v) is 5.07. The maximum Gasteiger partial charge on any atom is 0.262 e. The molecular formula is C18H18N4O4S. The quantitative estimate of drug-likeness (QED) is 0.603. The Labute approximate surface area is 156 Å². The number of nitrogens with one attached hydrogen (secondary N) is 3. The van der Waals surface area contributed by atoms with Crippen molar-refractivity contribution < 1.29 is 17.9 Å². The minimum absolute atomic E-state index is 0.0423. The summed E-state index contributed by atoms with van der Waals surface area (Å²) in [7, 11) is -2.45. The molecule has 0 saturated heterocycles. The summed E-state index contributed by atoms with van der Waals surface area (Å²) in [5, 5.41) is 9.25. The first-order valence-electron chi connectivity index (χ1n) is 7.98. The van der Waals surface area contributed by atoms with Crippen LogP contribution in [0.1, 0.15) is 16.1 Å². The molecule has 0 bridgehead atoms. The van der Waals surface area contributed by atoms with Gasteiger partial charge in [0.15, 0.2) is 5.82 Å². The summed E-state index contributed by atoms with van der Waals surface area (Å²) in [5.41, 5.74) is 1.29. The fourth-order valence-electron chi connectivity index (χ4n) is 2.41. The second-order valence-electron chi connectivity index (χ2n) is 5.72. The lowest BCUT2D eigenvalue weighted by Crippen LogP contribution is -2.16. The number of para-hydroxylation sites is 2. The third-order valence-electron chi connectivity index (χ3n) is 3.71. The molecule has 0 aliphatic rings. The number of benzene rings is 2. The van der Waals surface area contributed by atoms with Crippen molar-refractivity contribution in [3.05, 3.63) is 65.9 Å². The molecular weight excluding hydrogens is 368 g/mol. The molecule has 8 nitrogen and oxygen atoms in total. The SMILES string of the molecule is COc1ccccc1NS(=O)(=O)c1cccc(C(=O)Nc2cc(C)[nH]n2)c1. The average Bonchev–Trinajstić information content (AvgIpc) is 3.06. The average molecular weight is 386 g/mol. The predicted molar refractivity (Wildman–Crippen MR) is 102 cm³/mol. The second-order valence-corrected chi connectivity index (χ2v) is 7.41. The van der Waals surface area contributed by atoms with Crippen molar-refractivity contribution in [1.82, 2.24) is 10.2 Å². The molecule has 27 heavy (non-hydrogen) atoms. The topological polar surface area (TPSA) is 113 Å². The van der Waals surface area contributed by atoms with Crippen LogP contribution in [0.3, 0.4) is 0 Å². The molecule has 140 valence electrons. The number of amides is 1. The Morgan fingerprint density at radius 1 is 1.11 bits per heavy atom. The van der Waals surface area contributed by atoms with Crippen molar-refractivity contribution in [3.63, 3.8) is 0 Å². The zero-order chi connectivity index (χ0) is 19.4. The van der Waals surface area contributed by atoms with Gasteiger partial charge in [-0.15, -0.1) is 0 Å². The van der Waals surface area contributed by atoms with E-state index in [2.05, 4.69) is 20.2 Å². The summed E-state index contributed by atoms with van der Waals surface area (Å²) in [6, 6.07) is 14.1. The molecule has 0 aliphatic heterocycles. The van der Waals surface area contributed by atoms with E-state index in [4.69, 9.17) is 4.74 Å². The van der Waals surface area contributed by atoms with Gasteiger partial charge in [0.05, 0.1) is 17.7 Å². The molecule has 9 heteroatoms. The molecule has 0 fully saturated rings. The lowest BCUT2D eigenvalue weighted by atomic mass is 10.2. The normalized spacial score (nSPS) is 11.0. The number of hydrogen-bond donors (Lipinski definition) is 3. The van der Waals surface area contributed by atoms with Crippen LogP contribution < -0.4 is 14.8 Å². The minimum atomic E-state index is -3.90. The molecule has 0 radical (unpaired) electrons. The number of carbonyl (C=O) groups is 1. The largest absolute Gasteiger partial charge is 0.495 e. The highest BCUT2D eigenvalue weighted by atomic mass is 32.2. The van der Waals surface area contributed by atoms with Gasteiger partial charge < -0.3 is 10.1 Å². The molecule has 1 aromatic heterocycles. The number of nitrogens with zero attached hydrogens (tertiary/aromatic N) is 1. The highest BCUT2D eigenvalue weighted by Crippen LogP contribution is 2.26. The van der Waals surface area contributed by atoms with Gasteiger partial charge >= 0.3 is 0 Å². The second kappa shape index (κ2) is 7.50. The Bertz CT molecular complexity index is 1080. The first-order valence-corrected chi connectivity index (χ1v) is 9.46. The molecule has 0 unspecified atom stereocenters. The van der Waals surface area contributed by atoms with E-state index in [1.165, 1.54) is 31.4 Å². The molecule has 0 spiro atoms. The number of carbonyl (C=O) groups excluding carboxylic acids is 1. The van der Waals surface area contributed by atoms with E-state index in [9.17, 15) is 13.2 Å². The monoisotopic (exact) mass is 386 g/mol. The van der Waals surface area contributed by atoms with Crippen LogP contribution in [0, 0.1) is 6.92 Å². The molecule has 1 heterocycles. The Morgan fingerprint density at radius 3 is 2.59 bits per heavy atom. The molecule has 3 rings (SSSR count). The standard InChI is InChI=1S/C18H18N4O4S/c1-12-10-17(21-20-12)19-18(23)13-6-5-7-14(11-13)27(24,25)22-15-8-3-4-9-16(15)26-2/h3-11,22H,1-2H3,(H2,19,20,21,23). The van der Waals surface area contributed by atoms with E-state index in [0.29, 0.717) is 17.3 Å². The molecule has 3 aromatic rings. The maximum atomic E-state index is 12.7. The number of hydrogen-bond acceptors (Lipinski definition) is 5. The van der Waals surface area contributed by atoms with E-state index < -0.39 is 15.9 Å². The van der Waals surface area contributed by atoms with Crippen LogP contribution in [-0.4, -0.2) is 31.6 Å². The Hall–Kier alpha value is -3.33. The number of aromatic amines is 1. The van der Waals surface area contributed by atoms with E-state index in [1.54, 1.807) is 37.3 Å². The van der Waals surface area contributed by atoms with Crippen LogP contribution in [0.4, 0.5) is 11.5 Å². The number of methoxy groups -OCH3 is 1. The summed E-state index contributed by atoms with van der Waals surface area (Å²) in [4.78, 5) is 12.3. The van der Waals surface area contributed by atoms with Gasteiger partial charge in [-0.3, -0.25) is 14.6 Å². The smallest absolute Gasteiger partial charge is 0.262 e. The molecule has 2 aromatic carbocycles. The van der Waals surface area contributed by atoms with Gasteiger partial charge in [0.2, 0.25) is 0 Å². The van der Waals surface area contributed by atoms with Gasteiger partial charge in [0.1, 0.15) is 5.75 Å². The van der Waals surface area contributed by atoms with Gasteiger partial charge in [0, 0.05) is 17.3 Å². The van der Waals surface area contributed by atoms with Crippen LogP contribution in [0.5, 0.6) is 5.75 Å². The van der Waals surface area contributed by atoms with Crippen molar-refractivity contribution in [1.29, 1.82) is 0 Å². The van der Waals surface area contributed by atoms with Crippen LogP contribution in [0.15, 0.2) is 59.5 Å². The number of sulfonamides is 1. The Kier molecular flexibility index (Phi) is 5.13. The van der Waals surface area contributed by atoms with Gasteiger partial charge in [-0.25, -0.2) is 8.42 Å². The number of aromatic nitrogens is 2. The number of ether oxygens (including phenoxy) is 1. The molecule has 0 saturated carbocycles. The van der Waals surface area contributed by atoms with Gasteiger partial charge in [-0.1, -0.05) is 18.2 Å². The lowest BCUT2D eigenvalue weighted by molar-refractivity contribution is 0.102. The van der Waals surface area contributed by atoms with Crippen molar-refractivity contribution in [2.75, 3.05) is 17.1 Å². The van der Waals surface area contributed by atoms with E-state index in [0.717, 1.165) is 5.69 Å². The fourth-order valence-corrected chi connectivity index (χ4v) is 3.52. The van der Waals surface area contributed by atoms with Crippen LogP contribution in [0.25, 0.3) is 0 Å². The van der Waals surface area contributed by atoms with Gasteiger partial charge in [0.25, 0.3) is 15.9 Å². The molecule has 3 N–H and O–H groups in total. The lowest BCUT2D eigenvalue weighted by Gasteiger charge is -2.12. The fraction of sp³-hybridized carbons (Fsp3) is 0.111. The number of aryl methyl sites for hydroxylation is 1. The zero-order valence-electron chi connectivity index (χ0n) is 14.7. The summed E-state index contributed by atoms with van der Waals surface area (Å²) >= 11 is 0. The van der Waals surface area contributed by atoms with E-state index >= 15 is 0 Å². The van der Waals surface area contributed by atoms with E-state index in [1.807, 2.05) is 0 Å². The third kappa shape index (κ3) is 4.26. The molecule has 1 amide bonds. The van der Waals surface area contributed by atoms with Crippen LogP contribution >= 0.6 is 0 Å². The van der Waals surface area contributed by atoms with Crippen molar-refractivity contribution in [3.8, 4) is 5.75 Å². The van der Waals surface area contributed by atoms with Crippen molar-refractivity contribution in [2.24, 2.45) is 0 Å². The summed E-state index contributed by atoms with van der Waals surface area (Å²) in [6.07, 6.45) is 0. The van der Waals surface area contributed by atoms with Crippen molar-refractivity contribution >= 4 is 27.4 Å². The zero-order valence-corrected chi connectivity index (χ0v) is 15.5. The highest BCUT2D eigenvalue weighted by Gasteiger charge is 2.18. The molecule has 0 atom stereocenters. The number of H-pyrrole nitrogens is 1. The van der Waals surface area contributed by atoms with Gasteiger partial charge in [-0.2, -0.15) is 5.10 Å². The minimum Gasteiger partial charge on any atom is -0.495 e. The summed E-state index contributed by atoms with van der Waals surface area (Å²) in [5.74, 6) is 0.289. The summed E-state index contributed by atoms with van der Waals surface area (Å²) < 4.78 is 33.0. The molecule has 0 aliphatic carbocycles. The Morgan fingerprint density at radius 2 is 1.89 bits per heavy atom.